The molecule has 9 heteroatoms. The number of hydrogen-bond donors (Lipinski definition) is 2. The smallest absolute Gasteiger partial charge is 0.234 e. The summed E-state index contributed by atoms with van der Waals surface area (Å²) in [4.78, 5) is 25.8. The van der Waals surface area contributed by atoms with Gasteiger partial charge >= 0.3 is 0 Å². The Morgan fingerprint density at radius 1 is 0.968 bits per heavy atom. The Morgan fingerprint density at radius 3 is 2.45 bits per heavy atom. The number of carbonyl (C=O) groups excluding carboxylic acids is 2. The normalized spacial score (nSPS) is 10.7. The lowest BCUT2D eigenvalue weighted by atomic mass is 10.1. The van der Waals surface area contributed by atoms with Crippen LogP contribution in [0.4, 0.5) is 11.4 Å². The maximum atomic E-state index is 12.4. The first-order valence-electron chi connectivity index (χ1n) is 9.68. The van der Waals surface area contributed by atoms with E-state index in [1.54, 1.807) is 23.4 Å². The highest BCUT2D eigenvalue weighted by Gasteiger charge is 2.15. The van der Waals surface area contributed by atoms with Crippen LogP contribution in [0.1, 0.15) is 17.0 Å². The van der Waals surface area contributed by atoms with E-state index in [-0.39, 0.29) is 24.0 Å². The van der Waals surface area contributed by atoms with E-state index in [0.717, 1.165) is 21.8 Å². The van der Waals surface area contributed by atoms with Gasteiger partial charge in [-0.2, -0.15) is 0 Å². The van der Waals surface area contributed by atoms with Gasteiger partial charge in [0.15, 0.2) is 5.16 Å². The van der Waals surface area contributed by atoms with Crippen molar-refractivity contribution in [2.24, 2.45) is 7.05 Å². The number of amides is 2. The van der Waals surface area contributed by atoms with Crippen LogP contribution in [0.15, 0.2) is 52.5 Å². The molecule has 31 heavy (non-hydrogen) atoms. The van der Waals surface area contributed by atoms with Crippen LogP contribution >= 0.6 is 23.5 Å². The van der Waals surface area contributed by atoms with Crippen molar-refractivity contribution < 1.29 is 9.59 Å². The minimum atomic E-state index is -0.165. The number of benzene rings is 2. The largest absolute Gasteiger partial charge is 0.326 e. The summed E-state index contributed by atoms with van der Waals surface area (Å²) >= 11 is 2.90. The molecule has 2 aromatic carbocycles. The monoisotopic (exact) mass is 455 g/mol. The second-order valence-corrected chi connectivity index (χ2v) is 8.87. The topological polar surface area (TPSA) is 88.9 Å². The molecular weight excluding hydrogens is 430 g/mol. The minimum absolute atomic E-state index is 0.102. The predicted octanol–water partition coefficient (Wildman–Crippen LogP) is 4.07. The van der Waals surface area contributed by atoms with E-state index in [0.29, 0.717) is 11.0 Å². The highest BCUT2D eigenvalue weighted by Crippen LogP contribution is 2.21. The van der Waals surface area contributed by atoms with Crippen molar-refractivity contribution in [2.75, 3.05) is 22.6 Å². The van der Waals surface area contributed by atoms with Crippen molar-refractivity contribution in [3.8, 4) is 0 Å². The molecule has 162 valence electrons. The van der Waals surface area contributed by atoms with Gasteiger partial charge in [-0.1, -0.05) is 23.9 Å². The fourth-order valence-corrected chi connectivity index (χ4v) is 4.01. The van der Waals surface area contributed by atoms with Crippen molar-refractivity contribution >= 4 is 46.7 Å². The van der Waals surface area contributed by atoms with Gasteiger partial charge in [0.1, 0.15) is 5.82 Å². The summed E-state index contributed by atoms with van der Waals surface area (Å²) in [5.74, 6) is 0.448. The minimum Gasteiger partial charge on any atom is -0.326 e. The third-order valence-electron chi connectivity index (χ3n) is 4.72. The standard InChI is InChI=1S/C22H25N5O2S2/c1-14-8-9-17(10-15(14)2)23-20(28)12-19-25-26-22(27(19)3)31-13-21(29)24-16-6-5-7-18(11-16)30-4/h5-11H,12-13H2,1-4H3,(H,23,28)(H,24,29). The van der Waals surface area contributed by atoms with Crippen LogP contribution in [0.2, 0.25) is 0 Å². The number of thioether (sulfide) groups is 2. The van der Waals surface area contributed by atoms with Crippen molar-refractivity contribution in [1.29, 1.82) is 0 Å². The maximum Gasteiger partial charge on any atom is 0.234 e. The Morgan fingerprint density at radius 2 is 1.71 bits per heavy atom. The highest BCUT2D eigenvalue weighted by atomic mass is 32.2. The molecule has 3 aromatic rings. The first-order valence-corrected chi connectivity index (χ1v) is 11.9. The van der Waals surface area contributed by atoms with E-state index in [9.17, 15) is 9.59 Å². The molecule has 0 fully saturated rings. The van der Waals surface area contributed by atoms with Gasteiger partial charge in [-0.05, 0) is 61.6 Å². The van der Waals surface area contributed by atoms with Gasteiger partial charge in [-0.15, -0.1) is 22.0 Å². The van der Waals surface area contributed by atoms with E-state index in [1.807, 2.05) is 62.6 Å². The lowest BCUT2D eigenvalue weighted by Gasteiger charge is -2.08. The van der Waals surface area contributed by atoms with Gasteiger partial charge in [0.05, 0.1) is 12.2 Å². The summed E-state index contributed by atoms with van der Waals surface area (Å²) in [6, 6.07) is 13.5. The van der Waals surface area contributed by atoms with Crippen molar-refractivity contribution in [3.05, 3.63) is 59.4 Å². The zero-order chi connectivity index (χ0) is 22.4. The van der Waals surface area contributed by atoms with Gasteiger partial charge < -0.3 is 15.2 Å². The van der Waals surface area contributed by atoms with Crippen LogP contribution < -0.4 is 10.6 Å². The lowest BCUT2D eigenvalue weighted by molar-refractivity contribution is -0.116. The SMILES string of the molecule is CSc1cccc(NC(=O)CSc2nnc(CC(=O)Nc3ccc(C)c(C)c3)n2C)c1. The number of aryl methyl sites for hydroxylation is 2. The van der Waals surface area contributed by atoms with E-state index in [2.05, 4.69) is 20.8 Å². The highest BCUT2D eigenvalue weighted by molar-refractivity contribution is 7.99. The molecule has 0 radical (unpaired) electrons. The van der Waals surface area contributed by atoms with Gasteiger partial charge in [0.25, 0.3) is 0 Å². The summed E-state index contributed by atoms with van der Waals surface area (Å²) in [5, 5.41) is 14.6. The van der Waals surface area contributed by atoms with Gasteiger partial charge in [-0.25, -0.2) is 0 Å². The summed E-state index contributed by atoms with van der Waals surface area (Å²) in [6.07, 6.45) is 2.09. The van der Waals surface area contributed by atoms with Gasteiger partial charge in [-0.3, -0.25) is 9.59 Å². The number of nitrogens with zero attached hydrogens (tertiary/aromatic N) is 3. The summed E-state index contributed by atoms with van der Waals surface area (Å²) in [6.45, 7) is 4.04. The van der Waals surface area contributed by atoms with Crippen LogP contribution in [0.25, 0.3) is 0 Å². The lowest BCUT2D eigenvalue weighted by Crippen LogP contribution is -2.17. The van der Waals surface area contributed by atoms with E-state index in [4.69, 9.17) is 0 Å². The molecule has 0 saturated heterocycles. The molecule has 2 N–H and O–H groups in total. The Labute approximate surface area is 190 Å². The fraction of sp³-hybridized carbons (Fsp3) is 0.273. The van der Waals surface area contributed by atoms with Crippen molar-refractivity contribution in [2.45, 2.75) is 30.3 Å². The fourth-order valence-electron chi connectivity index (χ4n) is 2.82. The summed E-state index contributed by atoms with van der Waals surface area (Å²) in [5.41, 5.74) is 3.81. The summed E-state index contributed by atoms with van der Waals surface area (Å²) < 4.78 is 1.74. The van der Waals surface area contributed by atoms with Crippen LogP contribution in [-0.4, -0.2) is 38.6 Å². The number of hydrogen-bond acceptors (Lipinski definition) is 6. The van der Waals surface area contributed by atoms with Crippen LogP contribution in [0.5, 0.6) is 0 Å². The Bertz CT molecular complexity index is 1100. The number of rotatable bonds is 8. The number of carbonyl (C=O) groups is 2. The Kier molecular flexibility index (Phi) is 7.75. The van der Waals surface area contributed by atoms with E-state index >= 15 is 0 Å². The molecule has 2 amide bonds. The molecule has 0 atom stereocenters. The number of aromatic nitrogens is 3. The summed E-state index contributed by atoms with van der Waals surface area (Å²) in [7, 11) is 1.79. The van der Waals surface area contributed by atoms with Crippen molar-refractivity contribution in [1.82, 2.24) is 14.8 Å². The molecule has 0 bridgehead atoms. The molecule has 1 heterocycles. The molecule has 0 spiro atoms. The van der Waals surface area contributed by atoms with Crippen molar-refractivity contribution in [3.63, 3.8) is 0 Å². The first-order chi connectivity index (χ1) is 14.9. The zero-order valence-corrected chi connectivity index (χ0v) is 19.6. The zero-order valence-electron chi connectivity index (χ0n) is 17.9. The number of nitrogens with one attached hydrogen (secondary N) is 2. The molecular formula is C22H25N5O2S2. The molecule has 0 aliphatic rings. The second-order valence-electron chi connectivity index (χ2n) is 7.05. The number of anilines is 2. The quantitative estimate of drug-likeness (QED) is 0.498. The van der Waals surface area contributed by atoms with E-state index < -0.39 is 0 Å². The molecule has 0 aliphatic carbocycles. The molecule has 0 unspecified atom stereocenters. The first kappa shape index (κ1) is 22.9. The molecule has 0 saturated carbocycles. The Balaban J connectivity index is 1.53. The molecule has 3 rings (SSSR count). The average molecular weight is 456 g/mol. The van der Waals surface area contributed by atoms with Crippen LogP contribution in [-0.2, 0) is 23.1 Å². The van der Waals surface area contributed by atoms with Crippen LogP contribution in [0.3, 0.4) is 0 Å². The molecule has 0 aliphatic heterocycles. The molecule has 1 aromatic heterocycles. The molecule has 7 nitrogen and oxygen atoms in total. The Hall–Kier alpha value is -2.78. The predicted molar refractivity (Wildman–Crippen MR) is 127 cm³/mol. The average Bonchev–Trinajstić information content (AvgIpc) is 3.08. The van der Waals surface area contributed by atoms with Crippen LogP contribution in [0, 0.1) is 13.8 Å². The van der Waals surface area contributed by atoms with Gasteiger partial charge in [0.2, 0.25) is 11.8 Å². The maximum absolute atomic E-state index is 12.4. The van der Waals surface area contributed by atoms with Gasteiger partial charge in [0, 0.05) is 23.3 Å². The second kappa shape index (κ2) is 10.5. The third-order valence-corrected chi connectivity index (χ3v) is 6.47. The van der Waals surface area contributed by atoms with E-state index in [1.165, 1.54) is 17.3 Å². The third kappa shape index (κ3) is 6.35.